The van der Waals surface area contributed by atoms with Crippen LogP contribution >= 0.6 is 0 Å². The Bertz CT molecular complexity index is 734. The average molecular weight is 425 g/mol. The van der Waals surface area contributed by atoms with Crippen molar-refractivity contribution in [2.45, 2.75) is 110 Å². The van der Waals surface area contributed by atoms with Crippen LogP contribution in [0.3, 0.4) is 0 Å². The van der Waals surface area contributed by atoms with Crippen LogP contribution in [0, 0.1) is 17.8 Å². The van der Waals surface area contributed by atoms with E-state index in [0.29, 0.717) is 6.04 Å². The van der Waals surface area contributed by atoms with Crippen molar-refractivity contribution < 1.29 is 4.79 Å². The summed E-state index contributed by atoms with van der Waals surface area (Å²) >= 11 is 0. The van der Waals surface area contributed by atoms with Gasteiger partial charge in [0.15, 0.2) is 0 Å². The van der Waals surface area contributed by atoms with Gasteiger partial charge in [-0.15, -0.1) is 0 Å². The fraction of sp³-hybridized carbons (Fsp3) is 0.750. The molecule has 1 amide bonds. The number of amides is 1. The minimum atomic E-state index is 0.0165. The van der Waals surface area contributed by atoms with Crippen molar-refractivity contribution in [3.05, 3.63) is 35.2 Å². The number of hydrogen-bond acceptors (Lipinski definition) is 2. The third kappa shape index (κ3) is 4.66. The highest BCUT2D eigenvalue weighted by atomic mass is 16.2. The summed E-state index contributed by atoms with van der Waals surface area (Å²) in [7, 11) is 1.98. The zero-order valence-electron chi connectivity index (χ0n) is 20.4. The highest BCUT2D eigenvalue weighted by molar-refractivity contribution is 5.85. The molecule has 3 aliphatic carbocycles. The van der Waals surface area contributed by atoms with Crippen LogP contribution in [-0.4, -0.2) is 34.8 Å². The van der Waals surface area contributed by atoms with E-state index in [1.54, 1.807) is 0 Å². The van der Waals surface area contributed by atoms with Crippen LogP contribution in [0.15, 0.2) is 35.2 Å². The molecule has 0 aromatic rings. The van der Waals surface area contributed by atoms with Crippen molar-refractivity contribution in [1.82, 2.24) is 9.80 Å². The Morgan fingerprint density at radius 2 is 1.71 bits per heavy atom. The first-order chi connectivity index (χ1) is 15.0. The van der Waals surface area contributed by atoms with Gasteiger partial charge in [0.2, 0.25) is 5.91 Å². The maximum Gasteiger partial charge on any atom is 0.249 e. The summed E-state index contributed by atoms with van der Waals surface area (Å²) in [5.41, 5.74) is 4.01. The quantitative estimate of drug-likeness (QED) is 0.467. The van der Waals surface area contributed by atoms with Gasteiger partial charge >= 0.3 is 0 Å². The summed E-state index contributed by atoms with van der Waals surface area (Å²) in [5.74, 6) is 2.88. The van der Waals surface area contributed by atoms with Gasteiger partial charge < -0.3 is 9.80 Å². The van der Waals surface area contributed by atoms with Crippen LogP contribution in [0.2, 0.25) is 0 Å². The summed E-state index contributed by atoms with van der Waals surface area (Å²) in [5, 5.41) is 0. The molecule has 4 aliphatic rings. The van der Waals surface area contributed by atoms with E-state index in [4.69, 9.17) is 0 Å². The number of allylic oxidation sites excluding steroid dienone is 4. The normalized spacial score (nSPS) is 31.0. The molecule has 0 bridgehead atoms. The van der Waals surface area contributed by atoms with Gasteiger partial charge in [-0.2, -0.15) is 0 Å². The van der Waals surface area contributed by atoms with E-state index in [2.05, 4.69) is 43.9 Å². The van der Waals surface area contributed by atoms with E-state index >= 15 is 0 Å². The van der Waals surface area contributed by atoms with Crippen molar-refractivity contribution >= 4 is 5.91 Å². The van der Waals surface area contributed by atoms with E-state index in [1.807, 2.05) is 11.9 Å². The molecule has 3 heteroatoms. The number of hydrogen-bond donors (Lipinski definition) is 0. The predicted molar refractivity (Wildman–Crippen MR) is 129 cm³/mol. The molecule has 0 spiro atoms. The molecule has 0 N–H and O–H groups in total. The van der Waals surface area contributed by atoms with Crippen LogP contribution in [0.25, 0.3) is 0 Å². The summed E-state index contributed by atoms with van der Waals surface area (Å²) in [4.78, 5) is 17.7. The minimum absolute atomic E-state index is 0.0165. The van der Waals surface area contributed by atoms with Crippen LogP contribution in [-0.2, 0) is 4.79 Å². The second-order valence-electron chi connectivity index (χ2n) is 10.7. The Balaban J connectivity index is 1.49. The third-order valence-corrected chi connectivity index (χ3v) is 8.87. The Hall–Kier alpha value is -1.51. The molecule has 2 atom stereocenters. The van der Waals surface area contributed by atoms with Gasteiger partial charge in [-0.25, -0.2) is 0 Å². The predicted octanol–water partition coefficient (Wildman–Crippen LogP) is 6.82. The van der Waals surface area contributed by atoms with E-state index in [1.165, 1.54) is 75.5 Å². The van der Waals surface area contributed by atoms with E-state index in [9.17, 15) is 4.79 Å². The van der Waals surface area contributed by atoms with Crippen LogP contribution in [0.5, 0.6) is 0 Å². The molecular formula is C28H44N2O. The lowest BCUT2D eigenvalue weighted by atomic mass is 9.74. The lowest BCUT2D eigenvalue weighted by Crippen LogP contribution is -2.54. The fourth-order valence-corrected chi connectivity index (χ4v) is 6.76. The molecule has 1 heterocycles. The van der Waals surface area contributed by atoms with Crippen LogP contribution in [0.4, 0.5) is 0 Å². The molecule has 0 saturated heterocycles. The fourth-order valence-electron chi connectivity index (χ4n) is 6.76. The first kappa shape index (κ1) is 22.7. The molecule has 2 unspecified atom stereocenters. The first-order valence-corrected chi connectivity index (χ1v) is 13.2. The second-order valence-corrected chi connectivity index (χ2v) is 10.7. The van der Waals surface area contributed by atoms with Gasteiger partial charge in [0.25, 0.3) is 0 Å². The van der Waals surface area contributed by atoms with E-state index in [-0.39, 0.29) is 11.9 Å². The van der Waals surface area contributed by atoms with Gasteiger partial charge in [0, 0.05) is 25.2 Å². The number of nitrogens with zero attached hydrogens (tertiary/aromatic N) is 2. The Morgan fingerprint density at radius 1 is 1.00 bits per heavy atom. The van der Waals surface area contributed by atoms with Gasteiger partial charge in [-0.1, -0.05) is 70.6 Å². The minimum Gasteiger partial charge on any atom is -0.358 e. The smallest absolute Gasteiger partial charge is 0.249 e. The highest BCUT2D eigenvalue weighted by Crippen LogP contribution is 2.40. The SMILES string of the molecule is CCC1CCC(C(C)CC2=CCC3=C(C=C2)N(C)C(=O)C(CC)N3C2CCCC2)CC1. The van der Waals surface area contributed by atoms with E-state index < -0.39 is 0 Å². The summed E-state index contributed by atoms with van der Waals surface area (Å²) < 4.78 is 0. The molecule has 0 radical (unpaired) electrons. The molecule has 31 heavy (non-hydrogen) atoms. The van der Waals surface area contributed by atoms with Crippen molar-refractivity contribution in [1.29, 1.82) is 0 Å². The van der Waals surface area contributed by atoms with Crippen LogP contribution < -0.4 is 0 Å². The Kier molecular flexibility index (Phi) is 7.29. The molecule has 1 aliphatic heterocycles. The van der Waals surface area contributed by atoms with Crippen molar-refractivity contribution in [3.63, 3.8) is 0 Å². The Labute approximate surface area is 190 Å². The number of carbonyl (C=O) groups is 1. The third-order valence-electron chi connectivity index (χ3n) is 8.87. The second kappa shape index (κ2) is 9.96. The summed E-state index contributed by atoms with van der Waals surface area (Å²) in [6.45, 7) is 6.99. The van der Waals surface area contributed by atoms with Gasteiger partial charge in [0.1, 0.15) is 6.04 Å². The monoisotopic (exact) mass is 424 g/mol. The van der Waals surface area contributed by atoms with Crippen molar-refractivity contribution in [2.75, 3.05) is 7.05 Å². The number of carbonyl (C=O) groups excluding carboxylic acids is 1. The van der Waals surface area contributed by atoms with Crippen molar-refractivity contribution in [3.8, 4) is 0 Å². The maximum atomic E-state index is 13.2. The topological polar surface area (TPSA) is 23.6 Å². The van der Waals surface area contributed by atoms with Gasteiger partial charge in [-0.05, 0) is 62.4 Å². The zero-order valence-corrected chi connectivity index (χ0v) is 20.4. The molecule has 2 fully saturated rings. The molecule has 4 rings (SSSR count). The lowest BCUT2D eigenvalue weighted by Gasteiger charge is -2.45. The number of rotatable bonds is 6. The van der Waals surface area contributed by atoms with Gasteiger partial charge in [-0.3, -0.25) is 4.79 Å². The Morgan fingerprint density at radius 3 is 2.35 bits per heavy atom. The van der Waals surface area contributed by atoms with E-state index in [0.717, 1.165) is 36.3 Å². The number of likely N-dealkylation sites (N-methyl/N-ethyl adjacent to an activating group) is 1. The highest BCUT2D eigenvalue weighted by Gasteiger charge is 2.40. The molecule has 0 aromatic carbocycles. The molecule has 172 valence electrons. The lowest BCUT2D eigenvalue weighted by molar-refractivity contribution is -0.136. The summed E-state index contributed by atoms with van der Waals surface area (Å²) in [6, 6.07) is 0.562. The zero-order chi connectivity index (χ0) is 22.0. The van der Waals surface area contributed by atoms with Crippen LogP contribution in [0.1, 0.15) is 97.8 Å². The molecular weight excluding hydrogens is 380 g/mol. The standard InChI is InChI=1S/C28H44N2O/c1-5-21-11-15-23(16-12-21)20(3)19-22-13-17-26-27(18-14-22)30(24-9-7-8-10-24)25(6-2)28(31)29(26)4/h13-14,17,20-21,23-25H,5-12,15-16,18-19H2,1-4H3. The van der Waals surface area contributed by atoms with Gasteiger partial charge in [0.05, 0.1) is 5.70 Å². The molecule has 0 aromatic heterocycles. The maximum absolute atomic E-state index is 13.2. The van der Waals surface area contributed by atoms with Crippen molar-refractivity contribution in [2.24, 2.45) is 17.8 Å². The largest absolute Gasteiger partial charge is 0.358 e. The molecule has 3 nitrogen and oxygen atoms in total. The summed E-state index contributed by atoms with van der Waals surface area (Å²) in [6.07, 6.45) is 22.2. The average Bonchev–Trinajstić information content (AvgIpc) is 3.24. The first-order valence-electron chi connectivity index (χ1n) is 13.2. The molecule has 2 saturated carbocycles.